The van der Waals surface area contributed by atoms with E-state index in [1.165, 1.54) is 109 Å². The highest BCUT2D eigenvalue weighted by atomic mass is 14.2. The molecule has 0 unspecified atom stereocenters. The van der Waals surface area contributed by atoms with Crippen LogP contribution in [0.25, 0.3) is 109 Å². The van der Waals surface area contributed by atoms with Crippen molar-refractivity contribution in [3.8, 4) is 44.5 Å². The van der Waals surface area contributed by atoms with Crippen LogP contribution in [0.1, 0.15) is 0 Å². The summed E-state index contributed by atoms with van der Waals surface area (Å²) in [7, 11) is 0. The maximum absolute atomic E-state index is 2.41. The molecular weight excluding hydrogens is 601 g/mol. The lowest BCUT2D eigenvalue weighted by Crippen LogP contribution is -1.92. The van der Waals surface area contributed by atoms with E-state index in [2.05, 4.69) is 182 Å². The first kappa shape index (κ1) is 27.5. The third-order valence-corrected chi connectivity index (χ3v) is 10.9. The van der Waals surface area contributed by atoms with Crippen molar-refractivity contribution < 1.29 is 0 Å². The molecule has 0 nitrogen and oxygen atoms in total. The number of hydrogen-bond acceptors (Lipinski definition) is 0. The van der Waals surface area contributed by atoms with Gasteiger partial charge in [0, 0.05) is 0 Å². The number of hydrogen-bond donors (Lipinski definition) is 0. The van der Waals surface area contributed by atoms with Crippen molar-refractivity contribution in [2.75, 3.05) is 0 Å². The van der Waals surface area contributed by atoms with Crippen molar-refractivity contribution in [1.29, 1.82) is 0 Å². The SMILES string of the molecule is c1ccc(-c2cc(-c3ccccc3-c3ccc4ccc5cccc6ccc3c4c56)cc(-c3ccc4ccc5cccc6ccc3c4c56)c2)cc1. The van der Waals surface area contributed by atoms with E-state index in [4.69, 9.17) is 0 Å². The second-order valence-corrected chi connectivity index (χ2v) is 13.6. The van der Waals surface area contributed by atoms with Crippen LogP contribution in [-0.2, 0) is 0 Å². The van der Waals surface area contributed by atoms with Crippen molar-refractivity contribution in [3.05, 3.63) is 182 Å². The maximum atomic E-state index is 2.41. The molecule has 50 heavy (non-hydrogen) atoms. The minimum atomic E-state index is 1.22. The van der Waals surface area contributed by atoms with Gasteiger partial charge in [0.1, 0.15) is 0 Å². The van der Waals surface area contributed by atoms with Gasteiger partial charge in [0.25, 0.3) is 0 Å². The molecule has 0 bridgehead atoms. The predicted molar refractivity (Wildman–Crippen MR) is 216 cm³/mol. The first-order valence-electron chi connectivity index (χ1n) is 17.4. The molecule has 230 valence electrons. The second kappa shape index (κ2) is 10.5. The third-order valence-electron chi connectivity index (χ3n) is 10.9. The molecular formula is C50H30. The average Bonchev–Trinajstić information content (AvgIpc) is 3.19. The molecule has 0 heterocycles. The second-order valence-electron chi connectivity index (χ2n) is 13.6. The van der Waals surface area contributed by atoms with E-state index in [0.717, 1.165) is 0 Å². The normalized spacial score (nSPS) is 12.0. The predicted octanol–water partition coefficient (Wildman–Crippen LogP) is 14.1. The fraction of sp³-hybridized carbons (Fsp3) is 0. The molecule has 0 amide bonds. The van der Waals surface area contributed by atoms with Crippen LogP contribution in [0.3, 0.4) is 0 Å². The van der Waals surface area contributed by atoms with Gasteiger partial charge in [-0.1, -0.05) is 164 Å². The molecule has 0 aliphatic rings. The molecule has 11 rings (SSSR count). The van der Waals surface area contributed by atoms with Gasteiger partial charge >= 0.3 is 0 Å². The smallest absolute Gasteiger partial charge is 0.00206 e. The van der Waals surface area contributed by atoms with Crippen LogP contribution in [-0.4, -0.2) is 0 Å². The van der Waals surface area contributed by atoms with Gasteiger partial charge in [-0.15, -0.1) is 0 Å². The summed E-state index contributed by atoms with van der Waals surface area (Å²) in [5.41, 5.74) is 9.88. The minimum absolute atomic E-state index is 1.22. The van der Waals surface area contributed by atoms with Crippen LogP contribution in [0, 0.1) is 0 Å². The van der Waals surface area contributed by atoms with Gasteiger partial charge in [-0.05, 0) is 127 Å². The Labute approximate surface area is 290 Å². The fourth-order valence-electron chi connectivity index (χ4n) is 8.66. The van der Waals surface area contributed by atoms with E-state index < -0.39 is 0 Å². The molecule has 0 aliphatic carbocycles. The highest BCUT2D eigenvalue weighted by Gasteiger charge is 2.18. The first-order valence-corrected chi connectivity index (χ1v) is 17.4. The molecule has 0 radical (unpaired) electrons. The van der Waals surface area contributed by atoms with Crippen LogP contribution < -0.4 is 0 Å². The maximum Gasteiger partial charge on any atom is -0.00206 e. The van der Waals surface area contributed by atoms with Crippen molar-refractivity contribution in [3.63, 3.8) is 0 Å². The Morgan fingerprint density at radius 3 is 1.22 bits per heavy atom. The van der Waals surface area contributed by atoms with Gasteiger partial charge in [0.15, 0.2) is 0 Å². The van der Waals surface area contributed by atoms with Crippen molar-refractivity contribution in [2.45, 2.75) is 0 Å². The minimum Gasteiger partial charge on any atom is -0.0622 e. The Kier molecular flexibility index (Phi) is 5.76. The Hall–Kier alpha value is -6.50. The topological polar surface area (TPSA) is 0 Å². The molecule has 0 saturated heterocycles. The van der Waals surface area contributed by atoms with E-state index in [9.17, 15) is 0 Å². The summed E-state index contributed by atoms with van der Waals surface area (Å²) in [5.74, 6) is 0. The molecule has 0 heteroatoms. The van der Waals surface area contributed by atoms with Gasteiger partial charge in [-0.3, -0.25) is 0 Å². The molecule has 0 spiro atoms. The Morgan fingerprint density at radius 1 is 0.200 bits per heavy atom. The summed E-state index contributed by atoms with van der Waals surface area (Å²) in [6, 6.07) is 67.7. The quantitative estimate of drug-likeness (QED) is 0.170. The molecule has 11 aromatic carbocycles. The van der Waals surface area contributed by atoms with Gasteiger partial charge in [0.2, 0.25) is 0 Å². The summed E-state index contributed by atoms with van der Waals surface area (Å²) >= 11 is 0. The standard InChI is InChI=1S/C50H30/c1-2-8-31(9-3-1)38-28-39(30-40(29-38)42-24-20-36-18-16-32-10-6-12-34-22-26-45(42)49(36)47(32)34)41-14-4-5-15-43(41)44-25-21-37-19-17-33-11-7-13-35-23-27-46(44)50(37)48(33)35/h1-30H. The molecule has 11 aromatic rings. The first-order chi connectivity index (χ1) is 24.8. The molecule has 0 fully saturated rings. The Bertz CT molecular complexity index is 3040. The van der Waals surface area contributed by atoms with Gasteiger partial charge in [0.05, 0.1) is 0 Å². The summed E-state index contributed by atoms with van der Waals surface area (Å²) in [5, 5.41) is 15.7. The lowest BCUT2D eigenvalue weighted by Gasteiger charge is -2.18. The van der Waals surface area contributed by atoms with Crippen molar-refractivity contribution >= 4 is 64.6 Å². The van der Waals surface area contributed by atoms with Crippen molar-refractivity contribution in [1.82, 2.24) is 0 Å². The van der Waals surface area contributed by atoms with Gasteiger partial charge in [-0.25, -0.2) is 0 Å². The highest BCUT2D eigenvalue weighted by Crippen LogP contribution is 2.45. The Balaban J connectivity index is 1.18. The lowest BCUT2D eigenvalue weighted by atomic mass is 9.85. The molecule has 0 aromatic heterocycles. The lowest BCUT2D eigenvalue weighted by molar-refractivity contribution is 1.57. The van der Waals surface area contributed by atoms with Crippen LogP contribution in [0.5, 0.6) is 0 Å². The van der Waals surface area contributed by atoms with Crippen LogP contribution >= 0.6 is 0 Å². The van der Waals surface area contributed by atoms with E-state index in [1.807, 2.05) is 0 Å². The van der Waals surface area contributed by atoms with E-state index in [-0.39, 0.29) is 0 Å². The van der Waals surface area contributed by atoms with E-state index >= 15 is 0 Å². The zero-order valence-corrected chi connectivity index (χ0v) is 27.3. The monoisotopic (exact) mass is 630 g/mol. The number of benzene rings is 11. The zero-order chi connectivity index (χ0) is 32.8. The van der Waals surface area contributed by atoms with E-state index in [1.54, 1.807) is 0 Å². The van der Waals surface area contributed by atoms with E-state index in [0.29, 0.717) is 0 Å². The highest BCUT2D eigenvalue weighted by molar-refractivity contribution is 6.27. The Morgan fingerprint density at radius 2 is 0.620 bits per heavy atom. The summed E-state index contributed by atoms with van der Waals surface area (Å²) in [6.07, 6.45) is 0. The van der Waals surface area contributed by atoms with Crippen LogP contribution in [0.4, 0.5) is 0 Å². The summed E-state index contributed by atoms with van der Waals surface area (Å²) < 4.78 is 0. The molecule has 0 aliphatic heterocycles. The third kappa shape index (κ3) is 4.00. The average molecular weight is 631 g/mol. The van der Waals surface area contributed by atoms with Crippen LogP contribution in [0.15, 0.2) is 182 Å². The number of rotatable bonds is 4. The zero-order valence-electron chi connectivity index (χ0n) is 27.3. The summed E-state index contributed by atoms with van der Waals surface area (Å²) in [6.45, 7) is 0. The largest absolute Gasteiger partial charge is 0.0622 e. The molecule has 0 saturated carbocycles. The summed E-state index contributed by atoms with van der Waals surface area (Å²) in [4.78, 5) is 0. The van der Waals surface area contributed by atoms with Crippen molar-refractivity contribution in [2.24, 2.45) is 0 Å². The fourth-order valence-corrected chi connectivity index (χ4v) is 8.66. The van der Waals surface area contributed by atoms with Crippen LogP contribution in [0.2, 0.25) is 0 Å². The molecule has 0 N–H and O–H groups in total. The van der Waals surface area contributed by atoms with Gasteiger partial charge in [-0.2, -0.15) is 0 Å². The van der Waals surface area contributed by atoms with Gasteiger partial charge < -0.3 is 0 Å². The molecule has 0 atom stereocenters.